The Morgan fingerprint density at radius 3 is 2.81 bits per heavy atom. The third-order valence-corrected chi connectivity index (χ3v) is 4.23. The maximum atomic E-state index is 12.7. The van der Waals surface area contributed by atoms with Crippen molar-refractivity contribution in [2.75, 3.05) is 18.4 Å². The molecule has 0 aromatic heterocycles. The molecular formula is C15H18N2O4. The van der Waals surface area contributed by atoms with Crippen LogP contribution in [0.25, 0.3) is 0 Å². The Bertz CT molecular complexity index is 575. The quantitative estimate of drug-likeness (QED) is 0.743. The van der Waals surface area contributed by atoms with Gasteiger partial charge in [0.1, 0.15) is 6.04 Å². The van der Waals surface area contributed by atoms with Gasteiger partial charge in [-0.25, -0.2) is 4.79 Å². The molecule has 0 saturated carbocycles. The molecule has 3 rings (SSSR count). The molecular weight excluding hydrogens is 272 g/mol. The highest BCUT2D eigenvalue weighted by atomic mass is 16.4. The van der Waals surface area contributed by atoms with Crippen molar-refractivity contribution in [1.82, 2.24) is 4.90 Å². The zero-order valence-corrected chi connectivity index (χ0v) is 11.5. The van der Waals surface area contributed by atoms with Crippen molar-refractivity contribution in [3.63, 3.8) is 0 Å². The van der Waals surface area contributed by atoms with E-state index < -0.39 is 18.1 Å². The van der Waals surface area contributed by atoms with Gasteiger partial charge in [0.2, 0.25) is 5.91 Å². The SMILES string of the molecule is O=C(O)[C@@H]1C[C@H](O)CN1C(=O)C1CCNc2ccccc21. The largest absolute Gasteiger partial charge is 0.480 e. The van der Waals surface area contributed by atoms with Crippen molar-refractivity contribution in [1.29, 1.82) is 0 Å². The molecule has 112 valence electrons. The fourth-order valence-corrected chi connectivity index (χ4v) is 3.22. The van der Waals surface area contributed by atoms with Crippen molar-refractivity contribution in [3.8, 4) is 0 Å². The highest BCUT2D eigenvalue weighted by molar-refractivity contribution is 5.90. The molecule has 1 aromatic rings. The molecule has 0 aliphatic carbocycles. The molecule has 6 nitrogen and oxygen atoms in total. The summed E-state index contributed by atoms with van der Waals surface area (Å²) in [6.07, 6.45) is -0.0188. The fraction of sp³-hybridized carbons (Fsp3) is 0.467. The highest BCUT2D eigenvalue weighted by Crippen LogP contribution is 2.34. The van der Waals surface area contributed by atoms with E-state index in [9.17, 15) is 19.8 Å². The van der Waals surface area contributed by atoms with Gasteiger partial charge in [0.05, 0.1) is 12.0 Å². The summed E-state index contributed by atoms with van der Waals surface area (Å²) in [7, 11) is 0. The van der Waals surface area contributed by atoms with Crippen molar-refractivity contribution in [3.05, 3.63) is 29.8 Å². The number of hydrogen-bond acceptors (Lipinski definition) is 4. The number of anilines is 1. The van der Waals surface area contributed by atoms with Crippen LogP contribution in [0.15, 0.2) is 24.3 Å². The Hall–Kier alpha value is -2.08. The number of carbonyl (C=O) groups is 2. The first-order valence-electron chi connectivity index (χ1n) is 7.12. The number of fused-ring (bicyclic) bond motifs is 1. The Morgan fingerprint density at radius 1 is 1.29 bits per heavy atom. The number of rotatable bonds is 2. The van der Waals surface area contributed by atoms with Crippen LogP contribution in [0.4, 0.5) is 5.69 Å². The number of carbonyl (C=O) groups excluding carboxylic acids is 1. The fourth-order valence-electron chi connectivity index (χ4n) is 3.22. The molecule has 6 heteroatoms. The van der Waals surface area contributed by atoms with E-state index in [1.54, 1.807) is 0 Å². The minimum absolute atomic E-state index is 0.0991. The number of nitrogens with zero attached hydrogens (tertiary/aromatic N) is 1. The average molecular weight is 290 g/mol. The highest BCUT2D eigenvalue weighted by Gasteiger charge is 2.42. The molecule has 1 saturated heterocycles. The molecule has 0 radical (unpaired) electrons. The number of carboxylic acid groups (broad SMARTS) is 1. The number of aliphatic hydroxyl groups excluding tert-OH is 1. The number of amides is 1. The van der Waals surface area contributed by atoms with Crippen molar-refractivity contribution >= 4 is 17.6 Å². The first kappa shape index (κ1) is 13.9. The number of para-hydroxylation sites is 1. The summed E-state index contributed by atoms with van der Waals surface area (Å²) in [4.78, 5) is 25.3. The minimum atomic E-state index is -1.05. The van der Waals surface area contributed by atoms with E-state index in [0.717, 1.165) is 11.3 Å². The van der Waals surface area contributed by atoms with Crippen LogP contribution >= 0.6 is 0 Å². The lowest BCUT2D eigenvalue weighted by atomic mass is 9.89. The van der Waals surface area contributed by atoms with Crippen LogP contribution < -0.4 is 5.32 Å². The first-order chi connectivity index (χ1) is 10.1. The van der Waals surface area contributed by atoms with E-state index in [2.05, 4.69) is 5.32 Å². The Morgan fingerprint density at radius 2 is 2.05 bits per heavy atom. The zero-order valence-electron chi connectivity index (χ0n) is 11.5. The van der Waals surface area contributed by atoms with Crippen LogP contribution in [0.3, 0.4) is 0 Å². The summed E-state index contributed by atoms with van der Waals surface area (Å²) in [5.41, 5.74) is 1.83. The van der Waals surface area contributed by atoms with Gasteiger partial charge < -0.3 is 20.4 Å². The molecule has 21 heavy (non-hydrogen) atoms. The molecule has 1 fully saturated rings. The smallest absolute Gasteiger partial charge is 0.326 e. The second-order valence-corrected chi connectivity index (χ2v) is 5.59. The van der Waals surface area contributed by atoms with Gasteiger partial charge >= 0.3 is 5.97 Å². The van der Waals surface area contributed by atoms with Gasteiger partial charge in [-0.1, -0.05) is 18.2 Å². The summed E-state index contributed by atoms with van der Waals surface area (Å²) in [5.74, 6) is -1.59. The Kier molecular flexibility index (Phi) is 3.55. The van der Waals surface area contributed by atoms with E-state index in [-0.39, 0.29) is 24.8 Å². The first-order valence-corrected chi connectivity index (χ1v) is 7.12. The van der Waals surface area contributed by atoms with Crippen LogP contribution in [-0.2, 0) is 9.59 Å². The molecule has 1 aromatic carbocycles. The van der Waals surface area contributed by atoms with Crippen LogP contribution in [0, 0.1) is 0 Å². The second kappa shape index (κ2) is 5.37. The number of β-amino-alcohol motifs (C(OH)–C–C–N with tert-alkyl or cyclic N) is 1. The van der Waals surface area contributed by atoms with Gasteiger partial charge in [-0.2, -0.15) is 0 Å². The molecule has 1 amide bonds. The van der Waals surface area contributed by atoms with Gasteiger partial charge in [0.15, 0.2) is 0 Å². The second-order valence-electron chi connectivity index (χ2n) is 5.59. The summed E-state index contributed by atoms with van der Waals surface area (Å²) < 4.78 is 0. The van der Waals surface area contributed by atoms with Crippen LogP contribution in [0.5, 0.6) is 0 Å². The zero-order chi connectivity index (χ0) is 15.0. The standard InChI is InChI=1S/C15H18N2O4/c18-9-7-13(15(20)21)17(8-9)14(19)11-5-6-16-12-4-2-1-3-10(11)12/h1-4,9,11,13,16,18H,5-8H2,(H,20,21)/t9-,11?,13-/m0/s1. The van der Waals surface area contributed by atoms with E-state index in [1.165, 1.54) is 4.90 Å². The van der Waals surface area contributed by atoms with Crippen LogP contribution in [-0.4, -0.2) is 52.2 Å². The molecule has 2 heterocycles. The normalized spacial score (nSPS) is 27.9. The molecule has 3 atom stereocenters. The lowest BCUT2D eigenvalue weighted by molar-refractivity contribution is -0.148. The molecule has 2 aliphatic rings. The topological polar surface area (TPSA) is 89.9 Å². The Balaban J connectivity index is 1.87. The molecule has 0 bridgehead atoms. The maximum Gasteiger partial charge on any atom is 0.326 e. The lowest BCUT2D eigenvalue weighted by Gasteiger charge is -2.31. The van der Waals surface area contributed by atoms with Crippen LogP contribution in [0.1, 0.15) is 24.3 Å². The number of hydrogen-bond donors (Lipinski definition) is 3. The number of aliphatic hydroxyl groups is 1. The Labute approximate surface area is 122 Å². The van der Waals surface area contributed by atoms with E-state index in [1.807, 2.05) is 24.3 Å². The summed E-state index contributed by atoms with van der Waals surface area (Å²) in [6.45, 7) is 0.781. The van der Waals surface area contributed by atoms with Gasteiger partial charge in [-0.05, 0) is 18.1 Å². The number of carboxylic acids is 1. The third-order valence-electron chi connectivity index (χ3n) is 4.23. The van der Waals surface area contributed by atoms with Gasteiger partial charge in [-0.15, -0.1) is 0 Å². The van der Waals surface area contributed by atoms with Gasteiger partial charge in [0.25, 0.3) is 0 Å². The average Bonchev–Trinajstić information content (AvgIpc) is 2.88. The number of aliphatic carboxylic acids is 1. The van der Waals surface area contributed by atoms with E-state index in [0.29, 0.717) is 13.0 Å². The van der Waals surface area contributed by atoms with Gasteiger partial charge in [-0.3, -0.25) is 4.79 Å². The molecule has 0 spiro atoms. The third kappa shape index (κ3) is 2.47. The van der Waals surface area contributed by atoms with Crippen LogP contribution in [0.2, 0.25) is 0 Å². The predicted molar refractivity (Wildman–Crippen MR) is 76.1 cm³/mol. The maximum absolute atomic E-state index is 12.7. The minimum Gasteiger partial charge on any atom is -0.480 e. The summed E-state index contributed by atoms with van der Waals surface area (Å²) in [5, 5.41) is 22.2. The number of benzene rings is 1. The predicted octanol–water partition coefficient (Wildman–Crippen LogP) is 0.632. The van der Waals surface area contributed by atoms with Crippen molar-refractivity contribution < 1.29 is 19.8 Å². The van der Waals surface area contributed by atoms with Crippen molar-refractivity contribution in [2.45, 2.75) is 30.9 Å². The van der Waals surface area contributed by atoms with Crippen molar-refractivity contribution in [2.24, 2.45) is 0 Å². The van der Waals surface area contributed by atoms with Gasteiger partial charge in [0, 0.05) is 25.2 Å². The van der Waals surface area contributed by atoms with E-state index in [4.69, 9.17) is 0 Å². The molecule has 1 unspecified atom stereocenters. The molecule has 2 aliphatic heterocycles. The molecule has 3 N–H and O–H groups in total. The number of nitrogens with one attached hydrogen (secondary N) is 1. The number of likely N-dealkylation sites (tertiary alicyclic amines) is 1. The summed E-state index contributed by atoms with van der Waals surface area (Å²) in [6, 6.07) is 6.67. The van der Waals surface area contributed by atoms with E-state index >= 15 is 0 Å². The monoisotopic (exact) mass is 290 g/mol. The summed E-state index contributed by atoms with van der Waals surface area (Å²) >= 11 is 0. The lowest BCUT2D eigenvalue weighted by Crippen LogP contribution is -2.44.